The standard InChI is InChI=1S/C13H17NO4/c15-11-5-13-12(17-8-18-13)4-9(11)6-14-7-10-2-1-3-16-10/h4-5,10,14-15H,1-3,6-8H2. The first-order valence-electron chi connectivity index (χ1n) is 6.27. The molecule has 0 spiro atoms. The highest BCUT2D eigenvalue weighted by Crippen LogP contribution is 2.37. The number of rotatable bonds is 4. The Kier molecular flexibility index (Phi) is 3.25. The van der Waals surface area contributed by atoms with Crippen LogP contribution in [0.4, 0.5) is 0 Å². The normalized spacial score (nSPS) is 21.4. The van der Waals surface area contributed by atoms with Gasteiger partial charge in [-0.3, -0.25) is 0 Å². The zero-order valence-corrected chi connectivity index (χ0v) is 10.1. The molecule has 0 radical (unpaired) electrons. The summed E-state index contributed by atoms with van der Waals surface area (Å²) in [4.78, 5) is 0. The predicted octanol–water partition coefficient (Wildman–Crippen LogP) is 1.39. The van der Waals surface area contributed by atoms with Crippen molar-refractivity contribution in [3.63, 3.8) is 0 Å². The highest BCUT2D eigenvalue weighted by atomic mass is 16.7. The molecule has 1 unspecified atom stereocenters. The van der Waals surface area contributed by atoms with Crippen molar-refractivity contribution in [2.75, 3.05) is 19.9 Å². The van der Waals surface area contributed by atoms with Gasteiger partial charge in [0.1, 0.15) is 5.75 Å². The molecule has 1 aromatic rings. The summed E-state index contributed by atoms with van der Waals surface area (Å²) in [6.45, 7) is 2.50. The van der Waals surface area contributed by atoms with Gasteiger partial charge in [0.15, 0.2) is 11.5 Å². The fourth-order valence-corrected chi connectivity index (χ4v) is 2.29. The van der Waals surface area contributed by atoms with Crippen LogP contribution >= 0.6 is 0 Å². The largest absolute Gasteiger partial charge is 0.507 e. The molecule has 2 N–H and O–H groups in total. The molecule has 0 amide bonds. The second-order valence-corrected chi connectivity index (χ2v) is 4.60. The van der Waals surface area contributed by atoms with E-state index in [1.165, 1.54) is 0 Å². The smallest absolute Gasteiger partial charge is 0.231 e. The average Bonchev–Trinajstić information content (AvgIpc) is 3.00. The number of aromatic hydroxyl groups is 1. The molecular weight excluding hydrogens is 234 g/mol. The number of phenolic OH excluding ortho intramolecular Hbond substituents is 1. The molecule has 2 aliphatic rings. The third-order valence-electron chi connectivity index (χ3n) is 3.29. The molecule has 0 aliphatic carbocycles. The second kappa shape index (κ2) is 5.04. The molecule has 1 fully saturated rings. The monoisotopic (exact) mass is 251 g/mol. The van der Waals surface area contributed by atoms with E-state index in [-0.39, 0.29) is 12.5 Å². The van der Waals surface area contributed by atoms with Crippen LogP contribution in [0.15, 0.2) is 12.1 Å². The van der Waals surface area contributed by atoms with Crippen LogP contribution in [0.3, 0.4) is 0 Å². The summed E-state index contributed by atoms with van der Waals surface area (Å²) >= 11 is 0. The zero-order chi connectivity index (χ0) is 12.4. The summed E-state index contributed by atoms with van der Waals surface area (Å²) < 4.78 is 16.0. The van der Waals surface area contributed by atoms with Gasteiger partial charge in [-0.2, -0.15) is 0 Å². The van der Waals surface area contributed by atoms with Crippen LogP contribution in [0.5, 0.6) is 17.2 Å². The van der Waals surface area contributed by atoms with Gasteiger partial charge < -0.3 is 24.6 Å². The van der Waals surface area contributed by atoms with E-state index in [4.69, 9.17) is 14.2 Å². The summed E-state index contributed by atoms with van der Waals surface area (Å²) in [5, 5.41) is 13.2. The van der Waals surface area contributed by atoms with E-state index in [2.05, 4.69) is 5.32 Å². The second-order valence-electron chi connectivity index (χ2n) is 4.60. The SMILES string of the molecule is Oc1cc2c(cc1CNCC1CCCO1)OCO2. The summed E-state index contributed by atoms with van der Waals surface area (Å²) in [6.07, 6.45) is 2.56. The summed E-state index contributed by atoms with van der Waals surface area (Å²) in [6, 6.07) is 3.42. The highest BCUT2D eigenvalue weighted by Gasteiger charge is 2.18. The van der Waals surface area contributed by atoms with Crippen molar-refractivity contribution in [2.45, 2.75) is 25.5 Å². The number of phenols is 1. The Labute approximate surface area is 106 Å². The molecule has 1 aromatic carbocycles. The van der Waals surface area contributed by atoms with Crippen LogP contribution in [0.1, 0.15) is 18.4 Å². The number of hydrogen-bond donors (Lipinski definition) is 2. The Morgan fingerprint density at radius 1 is 1.28 bits per heavy atom. The van der Waals surface area contributed by atoms with Crippen molar-refractivity contribution in [1.29, 1.82) is 0 Å². The van der Waals surface area contributed by atoms with Crippen molar-refractivity contribution < 1.29 is 19.3 Å². The summed E-state index contributed by atoms with van der Waals surface area (Å²) in [5.41, 5.74) is 0.817. The number of nitrogens with one attached hydrogen (secondary N) is 1. The van der Waals surface area contributed by atoms with Crippen molar-refractivity contribution in [3.8, 4) is 17.2 Å². The van der Waals surface area contributed by atoms with Crippen molar-refractivity contribution in [3.05, 3.63) is 17.7 Å². The van der Waals surface area contributed by atoms with E-state index >= 15 is 0 Å². The molecule has 18 heavy (non-hydrogen) atoms. The lowest BCUT2D eigenvalue weighted by atomic mass is 10.1. The zero-order valence-electron chi connectivity index (χ0n) is 10.1. The quantitative estimate of drug-likeness (QED) is 0.846. The van der Waals surface area contributed by atoms with Crippen LogP contribution in [-0.4, -0.2) is 31.2 Å². The van der Waals surface area contributed by atoms with Crippen molar-refractivity contribution >= 4 is 0 Å². The van der Waals surface area contributed by atoms with E-state index in [0.717, 1.165) is 31.6 Å². The molecule has 2 aliphatic heterocycles. The maximum atomic E-state index is 9.86. The number of fused-ring (bicyclic) bond motifs is 1. The number of hydrogen-bond acceptors (Lipinski definition) is 5. The maximum absolute atomic E-state index is 9.86. The Hall–Kier alpha value is -1.46. The van der Waals surface area contributed by atoms with Crippen LogP contribution in [0.2, 0.25) is 0 Å². The summed E-state index contributed by atoms with van der Waals surface area (Å²) in [5.74, 6) is 1.54. The van der Waals surface area contributed by atoms with Crippen LogP contribution in [0, 0.1) is 0 Å². The Morgan fingerprint density at radius 2 is 2.11 bits per heavy atom. The fourth-order valence-electron chi connectivity index (χ4n) is 2.29. The lowest BCUT2D eigenvalue weighted by molar-refractivity contribution is 0.110. The topological polar surface area (TPSA) is 60.0 Å². The van der Waals surface area contributed by atoms with E-state index in [9.17, 15) is 5.11 Å². The lowest BCUT2D eigenvalue weighted by Gasteiger charge is -2.11. The molecule has 3 rings (SSSR count). The van der Waals surface area contributed by atoms with E-state index in [1.54, 1.807) is 6.07 Å². The van der Waals surface area contributed by atoms with E-state index in [0.29, 0.717) is 24.1 Å². The lowest BCUT2D eigenvalue weighted by Crippen LogP contribution is -2.25. The predicted molar refractivity (Wildman–Crippen MR) is 64.9 cm³/mol. The first-order valence-corrected chi connectivity index (χ1v) is 6.27. The van der Waals surface area contributed by atoms with Crippen LogP contribution in [0.25, 0.3) is 0 Å². The molecule has 5 heteroatoms. The van der Waals surface area contributed by atoms with Crippen LogP contribution in [-0.2, 0) is 11.3 Å². The minimum atomic E-state index is 0.224. The Morgan fingerprint density at radius 3 is 2.89 bits per heavy atom. The van der Waals surface area contributed by atoms with Gasteiger partial charge in [0, 0.05) is 31.3 Å². The molecule has 2 heterocycles. The molecule has 1 saturated heterocycles. The van der Waals surface area contributed by atoms with Gasteiger partial charge in [-0.1, -0.05) is 0 Å². The van der Waals surface area contributed by atoms with Gasteiger partial charge >= 0.3 is 0 Å². The van der Waals surface area contributed by atoms with Crippen LogP contribution < -0.4 is 14.8 Å². The Balaban J connectivity index is 1.58. The third-order valence-corrected chi connectivity index (χ3v) is 3.29. The first-order chi connectivity index (χ1) is 8.83. The third kappa shape index (κ3) is 2.37. The molecule has 5 nitrogen and oxygen atoms in total. The first kappa shape index (κ1) is 11.6. The molecule has 0 saturated carbocycles. The maximum Gasteiger partial charge on any atom is 0.231 e. The molecule has 1 atom stereocenters. The van der Waals surface area contributed by atoms with E-state index < -0.39 is 0 Å². The minimum Gasteiger partial charge on any atom is -0.507 e. The Bertz CT molecular complexity index is 429. The highest BCUT2D eigenvalue weighted by molar-refractivity contribution is 5.51. The number of ether oxygens (including phenoxy) is 3. The fraction of sp³-hybridized carbons (Fsp3) is 0.538. The molecule has 0 bridgehead atoms. The average molecular weight is 251 g/mol. The molecular formula is C13H17NO4. The van der Waals surface area contributed by atoms with Gasteiger partial charge in [0.2, 0.25) is 6.79 Å². The number of benzene rings is 1. The van der Waals surface area contributed by atoms with Gasteiger partial charge in [-0.05, 0) is 18.9 Å². The van der Waals surface area contributed by atoms with Gasteiger partial charge in [0.25, 0.3) is 0 Å². The molecule has 0 aromatic heterocycles. The minimum absolute atomic E-state index is 0.224. The van der Waals surface area contributed by atoms with Crippen molar-refractivity contribution in [2.24, 2.45) is 0 Å². The van der Waals surface area contributed by atoms with Gasteiger partial charge in [-0.15, -0.1) is 0 Å². The van der Waals surface area contributed by atoms with Crippen molar-refractivity contribution in [1.82, 2.24) is 5.32 Å². The molecule has 98 valence electrons. The van der Waals surface area contributed by atoms with Gasteiger partial charge in [-0.25, -0.2) is 0 Å². The van der Waals surface area contributed by atoms with Gasteiger partial charge in [0.05, 0.1) is 6.10 Å². The summed E-state index contributed by atoms with van der Waals surface area (Å²) in [7, 11) is 0. The van der Waals surface area contributed by atoms with E-state index in [1.807, 2.05) is 6.07 Å².